The minimum Gasteiger partial charge on any atom is -0.314 e. The quantitative estimate of drug-likeness (QED) is 0.517. The molecule has 49 valence electrons. The lowest BCUT2D eigenvalue weighted by Gasteiger charge is -2.05. The largest absolute Gasteiger partial charge is 0.314 e. The summed E-state index contributed by atoms with van der Waals surface area (Å²) in [5.41, 5.74) is 0. The highest BCUT2D eigenvalue weighted by Gasteiger charge is 1.87. The van der Waals surface area contributed by atoms with Gasteiger partial charge in [0.05, 0.1) is 0 Å². The predicted octanol–water partition coefficient (Wildman–Crippen LogP) is 0.366. The summed E-state index contributed by atoms with van der Waals surface area (Å²) >= 11 is 0. The molecule has 0 aliphatic rings. The van der Waals surface area contributed by atoms with Crippen molar-refractivity contribution in [3.63, 3.8) is 0 Å². The van der Waals surface area contributed by atoms with E-state index < -0.39 is 0 Å². The van der Waals surface area contributed by atoms with E-state index in [4.69, 9.17) is 0 Å². The second kappa shape index (κ2) is 5.06. The van der Waals surface area contributed by atoms with Crippen molar-refractivity contribution in [1.29, 1.82) is 0 Å². The first kappa shape index (κ1) is 7.92. The fraction of sp³-hybridized carbons (Fsp3) is 0.833. The molecule has 0 rings (SSSR count). The zero-order valence-electron chi connectivity index (χ0n) is 5.86. The maximum atomic E-state index is 3.23. The lowest BCUT2D eigenvalue weighted by molar-refractivity contribution is 0.606. The molecule has 0 unspecified atom stereocenters. The summed E-state index contributed by atoms with van der Waals surface area (Å²) in [6, 6.07) is 0.583. The molecule has 0 heterocycles. The van der Waals surface area contributed by atoms with Crippen LogP contribution in [0.5, 0.6) is 0 Å². The molecule has 0 atom stereocenters. The lowest BCUT2D eigenvalue weighted by atomic mass is 10.4. The highest BCUT2D eigenvalue weighted by atomic mass is 14.9. The Morgan fingerprint density at radius 1 is 1.50 bits per heavy atom. The van der Waals surface area contributed by atoms with Crippen LogP contribution in [0.25, 0.3) is 0 Å². The standard InChI is InChI=1S/C6H15N2/c1-6(2)8-5-4-7-3/h4,6-8H,5H2,1-3H3. The minimum absolute atomic E-state index is 0.583. The summed E-state index contributed by atoms with van der Waals surface area (Å²) in [5, 5.41) is 6.16. The van der Waals surface area contributed by atoms with Gasteiger partial charge in [0.15, 0.2) is 0 Å². The predicted molar refractivity (Wildman–Crippen MR) is 36.5 cm³/mol. The first-order valence-electron chi connectivity index (χ1n) is 2.99. The molecular formula is C6H15N2. The van der Waals surface area contributed by atoms with Crippen LogP contribution in [0.4, 0.5) is 0 Å². The van der Waals surface area contributed by atoms with E-state index in [0.717, 1.165) is 6.54 Å². The van der Waals surface area contributed by atoms with Crippen LogP contribution in [0.2, 0.25) is 0 Å². The van der Waals surface area contributed by atoms with E-state index in [0.29, 0.717) is 6.04 Å². The SMILES string of the molecule is CN[CH]CNC(C)C. The number of likely N-dealkylation sites (N-methyl/N-ethyl adjacent to an activating group) is 1. The Labute approximate surface area is 51.7 Å². The molecule has 0 spiro atoms. The van der Waals surface area contributed by atoms with Crippen LogP contribution in [0.15, 0.2) is 0 Å². The van der Waals surface area contributed by atoms with Crippen molar-refractivity contribution in [2.45, 2.75) is 19.9 Å². The van der Waals surface area contributed by atoms with Gasteiger partial charge in [-0.1, -0.05) is 13.8 Å². The molecule has 0 fully saturated rings. The van der Waals surface area contributed by atoms with Gasteiger partial charge in [0.2, 0.25) is 0 Å². The van der Waals surface area contributed by atoms with Crippen molar-refractivity contribution >= 4 is 0 Å². The van der Waals surface area contributed by atoms with Gasteiger partial charge in [-0.25, -0.2) is 0 Å². The first-order chi connectivity index (χ1) is 3.77. The van der Waals surface area contributed by atoms with Gasteiger partial charge in [-0.15, -0.1) is 0 Å². The Morgan fingerprint density at radius 3 is 2.50 bits per heavy atom. The van der Waals surface area contributed by atoms with Crippen LogP contribution >= 0.6 is 0 Å². The van der Waals surface area contributed by atoms with Gasteiger partial charge in [0.1, 0.15) is 0 Å². The molecule has 0 aromatic carbocycles. The van der Waals surface area contributed by atoms with Crippen molar-refractivity contribution in [3.8, 4) is 0 Å². The lowest BCUT2D eigenvalue weighted by Crippen LogP contribution is -2.26. The van der Waals surface area contributed by atoms with Crippen LogP contribution in [0, 0.1) is 6.54 Å². The molecule has 0 aliphatic carbocycles. The van der Waals surface area contributed by atoms with E-state index >= 15 is 0 Å². The number of hydrogen-bond acceptors (Lipinski definition) is 2. The summed E-state index contributed by atoms with van der Waals surface area (Å²) in [5.74, 6) is 0. The third kappa shape index (κ3) is 5.92. The van der Waals surface area contributed by atoms with Crippen molar-refractivity contribution < 1.29 is 0 Å². The highest BCUT2D eigenvalue weighted by molar-refractivity contribution is 4.63. The van der Waals surface area contributed by atoms with E-state index in [-0.39, 0.29) is 0 Å². The molecule has 0 saturated heterocycles. The second-order valence-corrected chi connectivity index (χ2v) is 2.06. The van der Waals surface area contributed by atoms with E-state index in [2.05, 4.69) is 24.5 Å². The van der Waals surface area contributed by atoms with Crippen molar-refractivity contribution in [2.24, 2.45) is 0 Å². The topological polar surface area (TPSA) is 24.1 Å². The maximum Gasteiger partial charge on any atom is 0.0356 e. The van der Waals surface area contributed by atoms with E-state index in [1.807, 2.05) is 13.6 Å². The van der Waals surface area contributed by atoms with Gasteiger partial charge in [-0.2, -0.15) is 0 Å². The minimum atomic E-state index is 0.583. The van der Waals surface area contributed by atoms with Crippen LogP contribution in [-0.2, 0) is 0 Å². The highest BCUT2D eigenvalue weighted by Crippen LogP contribution is 1.73. The average molecular weight is 115 g/mol. The molecule has 2 heteroatoms. The number of hydrogen-bond donors (Lipinski definition) is 2. The summed E-state index contributed by atoms with van der Waals surface area (Å²) in [6.45, 7) is 7.18. The van der Waals surface area contributed by atoms with E-state index in [1.165, 1.54) is 0 Å². The smallest absolute Gasteiger partial charge is 0.0356 e. The third-order valence-corrected chi connectivity index (χ3v) is 0.832. The van der Waals surface area contributed by atoms with Crippen LogP contribution in [0.1, 0.15) is 13.8 Å². The Kier molecular flexibility index (Phi) is 5.01. The molecule has 0 aliphatic heterocycles. The van der Waals surface area contributed by atoms with Crippen molar-refractivity contribution in [3.05, 3.63) is 6.54 Å². The Bertz CT molecular complexity index is 43.8. The third-order valence-electron chi connectivity index (χ3n) is 0.832. The molecule has 0 bridgehead atoms. The summed E-state index contributed by atoms with van der Waals surface area (Å²) in [4.78, 5) is 0. The molecule has 0 amide bonds. The van der Waals surface area contributed by atoms with Gasteiger partial charge >= 0.3 is 0 Å². The second-order valence-electron chi connectivity index (χ2n) is 2.06. The molecule has 8 heavy (non-hydrogen) atoms. The van der Waals surface area contributed by atoms with Crippen molar-refractivity contribution in [2.75, 3.05) is 13.6 Å². The molecule has 0 aromatic rings. The van der Waals surface area contributed by atoms with Gasteiger partial charge < -0.3 is 10.6 Å². The van der Waals surface area contributed by atoms with E-state index in [1.54, 1.807) is 0 Å². The number of nitrogens with one attached hydrogen (secondary N) is 2. The van der Waals surface area contributed by atoms with Gasteiger partial charge in [0, 0.05) is 19.1 Å². The van der Waals surface area contributed by atoms with Gasteiger partial charge in [-0.05, 0) is 7.05 Å². The Morgan fingerprint density at radius 2 is 2.12 bits per heavy atom. The van der Waals surface area contributed by atoms with Crippen molar-refractivity contribution in [1.82, 2.24) is 10.6 Å². The Hall–Kier alpha value is -0.0800. The molecular weight excluding hydrogens is 100 g/mol. The summed E-state index contributed by atoms with van der Waals surface area (Å²) in [6.07, 6.45) is 0. The molecule has 1 radical (unpaired) electrons. The van der Waals surface area contributed by atoms with Gasteiger partial charge in [0.25, 0.3) is 0 Å². The van der Waals surface area contributed by atoms with Gasteiger partial charge in [-0.3, -0.25) is 0 Å². The fourth-order valence-corrected chi connectivity index (χ4v) is 0.397. The van der Waals surface area contributed by atoms with Crippen LogP contribution in [0.3, 0.4) is 0 Å². The Balaban J connectivity index is 2.72. The van der Waals surface area contributed by atoms with Crippen LogP contribution < -0.4 is 10.6 Å². The van der Waals surface area contributed by atoms with Crippen LogP contribution in [-0.4, -0.2) is 19.6 Å². The maximum absolute atomic E-state index is 3.23. The molecule has 0 aromatic heterocycles. The zero-order chi connectivity index (χ0) is 6.41. The van der Waals surface area contributed by atoms with E-state index in [9.17, 15) is 0 Å². The average Bonchev–Trinajstić information content (AvgIpc) is 1.66. The summed E-state index contributed by atoms with van der Waals surface area (Å²) < 4.78 is 0. The molecule has 2 nitrogen and oxygen atoms in total. The zero-order valence-corrected chi connectivity index (χ0v) is 5.86. The monoisotopic (exact) mass is 115 g/mol. The normalized spacial score (nSPS) is 10.5. The fourth-order valence-electron chi connectivity index (χ4n) is 0.397. The summed E-state index contributed by atoms with van der Waals surface area (Å²) in [7, 11) is 1.90. The molecule has 2 N–H and O–H groups in total. The first-order valence-corrected chi connectivity index (χ1v) is 2.99. The molecule has 0 saturated carbocycles. The number of rotatable bonds is 4.